The molecule has 0 radical (unpaired) electrons. The fraction of sp³-hybridized carbons (Fsp3) is 0.769. The molecule has 1 heterocycles. The summed E-state index contributed by atoms with van der Waals surface area (Å²) >= 11 is 0. The first-order valence-corrected chi connectivity index (χ1v) is 8.35. The van der Waals surface area contributed by atoms with E-state index in [4.69, 9.17) is 4.74 Å². The van der Waals surface area contributed by atoms with E-state index < -0.39 is 10.2 Å². The van der Waals surface area contributed by atoms with E-state index in [0.29, 0.717) is 39.1 Å². The Morgan fingerprint density at radius 1 is 1.38 bits per heavy atom. The van der Waals surface area contributed by atoms with Gasteiger partial charge in [0, 0.05) is 19.6 Å². The van der Waals surface area contributed by atoms with Crippen LogP contribution >= 0.6 is 0 Å². The number of rotatable bonds is 8. The number of nitrogens with one attached hydrogen (secondary N) is 1. The number of hydrogen-bond donors (Lipinski definition) is 1. The van der Waals surface area contributed by atoms with Crippen molar-refractivity contribution >= 4 is 16.2 Å². The molecule has 0 aromatic heterocycles. The van der Waals surface area contributed by atoms with Gasteiger partial charge in [-0.15, -0.1) is 0 Å². The molecule has 0 aliphatic carbocycles. The zero-order chi connectivity index (χ0) is 15.9. The van der Waals surface area contributed by atoms with Crippen LogP contribution in [-0.2, 0) is 24.5 Å². The van der Waals surface area contributed by atoms with E-state index in [-0.39, 0.29) is 18.4 Å². The Balaban J connectivity index is 2.32. The summed E-state index contributed by atoms with van der Waals surface area (Å²) < 4.78 is 37.9. The standard InChI is InChI=1S/C13H24N2O5S/c1-11(2)10-20-9-6-14-21(17,18)15-7-4-12(5-8-15)13(16)19-3/h12,14H,1,4-10H2,2-3H3. The SMILES string of the molecule is C=C(C)COCCNS(=O)(=O)N1CCC(C(=O)OC)CC1. The van der Waals surface area contributed by atoms with Gasteiger partial charge in [-0.05, 0) is 19.8 Å². The maximum atomic E-state index is 12.1. The van der Waals surface area contributed by atoms with Crippen molar-refractivity contribution in [2.75, 3.05) is 40.0 Å². The van der Waals surface area contributed by atoms with Gasteiger partial charge in [0.2, 0.25) is 0 Å². The van der Waals surface area contributed by atoms with Gasteiger partial charge in [0.25, 0.3) is 10.2 Å². The molecule has 0 aromatic rings. The van der Waals surface area contributed by atoms with Crippen molar-refractivity contribution in [3.05, 3.63) is 12.2 Å². The summed E-state index contributed by atoms with van der Waals surface area (Å²) in [5, 5.41) is 0. The molecule has 0 saturated carbocycles. The fourth-order valence-corrected chi connectivity index (χ4v) is 3.29. The molecule has 1 N–H and O–H groups in total. The topological polar surface area (TPSA) is 84.9 Å². The van der Waals surface area contributed by atoms with Gasteiger partial charge in [-0.2, -0.15) is 17.4 Å². The fourth-order valence-electron chi connectivity index (χ4n) is 2.08. The summed E-state index contributed by atoms with van der Waals surface area (Å²) in [6.07, 6.45) is 0.972. The van der Waals surface area contributed by atoms with E-state index in [0.717, 1.165) is 5.57 Å². The molecule has 1 fully saturated rings. The number of piperidine rings is 1. The van der Waals surface area contributed by atoms with E-state index in [1.807, 2.05) is 6.92 Å². The van der Waals surface area contributed by atoms with Crippen molar-refractivity contribution in [3.8, 4) is 0 Å². The van der Waals surface area contributed by atoms with Crippen molar-refractivity contribution in [3.63, 3.8) is 0 Å². The summed E-state index contributed by atoms with van der Waals surface area (Å²) in [4.78, 5) is 11.4. The predicted octanol–water partition coefficient (Wildman–Crippen LogP) is 0.299. The summed E-state index contributed by atoms with van der Waals surface area (Å²) in [5.41, 5.74) is 0.891. The molecule has 0 unspecified atom stereocenters. The van der Waals surface area contributed by atoms with E-state index in [1.54, 1.807) is 0 Å². The molecule has 1 aliphatic rings. The molecule has 0 aromatic carbocycles. The molecule has 0 spiro atoms. The van der Waals surface area contributed by atoms with Crippen LogP contribution in [-0.4, -0.2) is 58.7 Å². The Bertz CT molecular complexity index is 455. The van der Waals surface area contributed by atoms with Crippen LogP contribution in [0.2, 0.25) is 0 Å². The average Bonchev–Trinajstić information content (AvgIpc) is 2.45. The Morgan fingerprint density at radius 3 is 2.52 bits per heavy atom. The number of ether oxygens (including phenoxy) is 2. The van der Waals surface area contributed by atoms with Crippen molar-refractivity contribution in [1.82, 2.24) is 9.03 Å². The van der Waals surface area contributed by atoms with Crippen LogP contribution in [0.25, 0.3) is 0 Å². The third kappa shape index (κ3) is 6.13. The van der Waals surface area contributed by atoms with Gasteiger partial charge < -0.3 is 9.47 Å². The van der Waals surface area contributed by atoms with Gasteiger partial charge in [0.05, 0.1) is 26.2 Å². The molecular weight excluding hydrogens is 296 g/mol. The normalized spacial score (nSPS) is 17.6. The van der Waals surface area contributed by atoms with Gasteiger partial charge in [-0.3, -0.25) is 4.79 Å². The number of esters is 1. The summed E-state index contributed by atoms with van der Waals surface area (Å²) in [6, 6.07) is 0. The van der Waals surface area contributed by atoms with E-state index in [9.17, 15) is 13.2 Å². The Morgan fingerprint density at radius 2 is 2.00 bits per heavy atom. The molecule has 0 bridgehead atoms. The lowest BCUT2D eigenvalue weighted by molar-refractivity contribution is -0.146. The Labute approximate surface area is 126 Å². The highest BCUT2D eigenvalue weighted by atomic mass is 32.2. The average molecular weight is 320 g/mol. The van der Waals surface area contributed by atoms with Crippen LogP contribution in [0, 0.1) is 5.92 Å². The molecule has 1 aliphatic heterocycles. The van der Waals surface area contributed by atoms with Gasteiger partial charge in [-0.25, -0.2) is 0 Å². The summed E-state index contributed by atoms with van der Waals surface area (Å²) in [5.74, 6) is -0.478. The lowest BCUT2D eigenvalue weighted by atomic mass is 9.99. The van der Waals surface area contributed by atoms with Crippen LogP contribution in [0.3, 0.4) is 0 Å². The first-order chi connectivity index (χ1) is 9.86. The molecule has 122 valence electrons. The second-order valence-corrected chi connectivity index (χ2v) is 6.86. The smallest absolute Gasteiger partial charge is 0.308 e. The quantitative estimate of drug-likeness (QED) is 0.395. The number of hydrogen-bond acceptors (Lipinski definition) is 5. The molecule has 7 nitrogen and oxygen atoms in total. The van der Waals surface area contributed by atoms with Crippen LogP contribution in [0.4, 0.5) is 0 Å². The van der Waals surface area contributed by atoms with Gasteiger partial charge in [-0.1, -0.05) is 12.2 Å². The minimum absolute atomic E-state index is 0.208. The summed E-state index contributed by atoms with van der Waals surface area (Å²) in [6.45, 7) is 7.11. The monoisotopic (exact) mass is 320 g/mol. The zero-order valence-electron chi connectivity index (χ0n) is 12.6. The van der Waals surface area contributed by atoms with E-state index >= 15 is 0 Å². The Kier molecular flexibility index (Phi) is 7.30. The maximum absolute atomic E-state index is 12.1. The highest BCUT2D eigenvalue weighted by Crippen LogP contribution is 2.19. The van der Waals surface area contributed by atoms with Gasteiger partial charge >= 0.3 is 5.97 Å². The third-order valence-electron chi connectivity index (χ3n) is 3.21. The number of carbonyl (C=O) groups is 1. The molecule has 0 amide bonds. The minimum Gasteiger partial charge on any atom is -0.469 e. The highest BCUT2D eigenvalue weighted by Gasteiger charge is 2.31. The van der Waals surface area contributed by atoms with Crippen LogP contribution in [0.1, 0.15) is 19.8 Å². The second kappa shape index (κ2) is 8.47. The van der Waals surface area contributed by atoms with Crippen molar-refractivity contribution in [1.29, 1.82) is 0 Å². The largest absolute Gasteiger partial charge is 0.469 e. The predicted molar refractivity (Wildman–Crippen MR) is 78.9 cm³/mol. The van der Waals surface area contributed by atoms with E-state index in [1.165, 1.54) is 11.4 Å². The van der Waals surface area contributed by atoms with Gasteiger partial charge in [0.1, 0.15) is 0 Å². The lowest BCUT2D eigenvalue weighted by Gasteiger charge is -2.29. The first kappa shape index (κ1) is 18.1. The molecule has 0 atom stereocenters. The number of carbonyl (C=O) groups excluding carboxylic acids is 1. The highest BCUT2D eigenvalue weighted by molar-refractivity contribution is 7.87. The van der Waals surface area contributed by atoms with Crippen LogP contribution in [0.15, 0.2) is 12.2 Å². The van der Waals surface area contributed by atoms with Crippen LogP contribution < -0.4 is 4.72 Å². The van der Waals surface area contributed by atoms with Crippen LogP contribution in [0.5, 0.6) is 0 Å². The number of nitrogens with zero attached hydrogens (tertiary/aromatic N) is 1. The van der Waals surface area contributed by atoms with Crippen molar-refractivity contribution in [2.24, 2.45) is 5.92 Å². The summed E-state index contributed by atoms with van der Waals surface area (Å²) in [7, 11) is -2.17. The molecular formula is C13H24N2O5S. The molecule has 1 saturated heterocycles. The van der Waals surface area contributed by atoms with Crippen molar-refractivity contribution in [2.45, 2.75) is 19.8 Å². The Hall–Kier alpha value is -0.960. The lowest BCUT2D eigenvalue weighted by Crippen LogP contribution is -2.46. The number of methoxy groups -OCH3 is 1. The second-order valence-electron chi connectivity index (χ2n) is 5.11. The van der Waals surface area contributed by atoms with Crippen molar-refractivity contribution < 1.29 is 22.7 Å². The first-order valence-electron chi connectivity index (χ1n) is 6.91. The minimum atomic E-state index is -3.51. The third-order valence-corrected chi connectivity index (χ3v) is 4.82. The molecule has 21 heavy (non-hydrogen) atoms. The maximum Gasteiger partial charge on any atom is 0.308 e. The molecule has 1 rings (SSSR count). The van der Waals surface area contributed by atoms with Gasteiger partial charge in [0.15, 0.2) is 0 Å². The van der Waals surface area contributed by atoms with E-state index in [2.05, 4.69) is 16.0 Å². The zero-order valence-corrected chi connectivity index (χ0v) is 13.4. The molecule has 8 heteroatoms.